The minimum absolute atomic E-state index is 0.210. The largest absolute Gasteiger partial charge is 0.508 e. The summed E-state index contributed by atoms with van der Waals surface area (Å²) in [7, 11) is 0. The third-order valence-electron chi connectivity index (χ3n) is 3.90. The maximum atomic E-state index is 9.55. The third kappa shape index (κ3) is 3.14. The first-order chi connectivity index (χ1) is 11.1. The van der Waals surface area contributed by atoms with E-state index in [-0.39, 0.29) is 11.5 Å². The normalized spacial score (nSPS) is 11.2. The molecule has 0 bridgehead atoms. The molecule has 0 heterocycles. The molecule has 0 aliphatic heterocycles. The van der Waals surface area contributed by atoms with Crippen LogP contribution in [0.1, 0.15) is 18.1 Å². The van der Waals surface area contributed by atoms with Gasteiger partial charge in [0, 0.05) is 0 Å². The summed E-state index contributed by atoms with van der Waals surface area (Å²) in [5.41, 5.74) is 1.07. The molecule has 0 atom stereocenters. The highest BCUT2D eigenvalue weighted by Gasteiger charge is 2.31. The van der Waals surface area contributed by atoms with Gasteiger partial charge in [0.05, 0.1) is 0 Å². The van der Waals surface area contributed by atoms with Crippen LogP contribution in [0.4, 0.5) is 0 Å². The fourth-order valence-corrected chi connectivity index (χ4v) is 2.57. The Morgan fingerprint density at radius 1 is 0.652 bits per heavy atom. The van der Waals surface area contributed by atoms with Gasteiger partial charge in [-0.3, -0.25) is 0 Å². The Labute approximate surface area is 135 Å². The van der Waals surface area contributed by atoms with Crippen LogP contribution in [-0.2, 0) is 5.60 Å². The van der Waals surface area contributed by atoms with Crippen molar-refractivity contribution in [2.24, 2.45) is 0 Å². The molecule has 3 nitrogen and oxygen atoms in total. The Kier molecular flexibility index (Phi) is 3.94. The van der Waals surface area contributed by atoms with E-state index in [9.17, 15) is 10.2 Å². The van der Waals surface area contributed by atoms with Gasteiger partial charge >= 0.3 is 0 Å². The molecule has 2 N–H and O–H groups in total. The Morgan fingerprint density at radius 3 is 1.52 bits per heavy atom. The predicted molar refractivity (Wildman–Crippen MR) is 89.7 cm³/mol. The molecule has 3 heteroatoms. The van der Waals surface area contributed by atoms with E-state index in [1.54, 1.807) is 24.3 Å². The topological polar surface area (TPSA) is 49.7 Å². The van der Waals surface area contributed by atoms with Gasteiger partial charge in [0.1, 0.15) is 17.2 Å². The number of ether oxygens (including phenoxy) is 1. The molecule has 3 aromatic carbocycles. The average molecular weight is 306 g/mol. The number of hydrogen-bond acceptors (Lipinski definition) is 3. The number of benzene rings is 3. The lowest BCUT2D eigenvalue weighted by Gasteiger charge is -2.32. The van der Waals surface area contributed by atoms with Crippen molar-refractivity contribution in [3.8, 4) is 17.2 Å². The van der Waals surface area contributed by atoms with E-state index >= 15 is 0 Å². The number of aromatic hydroxyl groups is 2. The van der Waals surface area contributed by atoms with Gasteiger partial charge in [0.15, 0.2) is 5.60 Å². The molecule has 0 spiro atoms. The van der Waals surface area contributed by atoms with E-state index < -0.39 is 5.60 Å². The molecule has 0 aromatic heterocycles. The summed E-state index contributed by atoms with van der Waals surface area (Å²) in [6.07, 6.45) is 0. The molecular weight excluding hydrogens is 288 g/mol. The maximum Gasteiger partial charge on any atom is 0.156 e. The molecule has 0 amide bonds. The number of para-hydroxylation sites is 1. The summed E-state index contributed by atoms with van der Waals surface area (Å²) in [6.45, 7) is 1.97. The van der Waals surface area contributed by atoms with Crippen molar-refractivity contribution >= 4 is 0 Å². The van der Waals surface area contributed by atoms with Crippen molar-refractivity contribution in [2.75, 3.05) is 0 Å². The minimum atomic E-state index is -0.747. The van der Waals surface area contributed by atoms with Gasteiger partial charge in [-0.15, -0.1) is 0 Å². The third-order valence-corrected chi connectivity index (χ3v) is 3.90. The van der Waals surface area contributed by atoms with E-state index in [4.69, 9.17) is 4.74 Å². The van der Waals surface area contributed by atoms with Gasteiger partial charge in [-0.25, -0.2) is 0 Å². The highest BCUT2D eigenvalue weighted by Crippen LogP contribution is 2.36. The van der Waals surface area contributed by atoms with Gasteiger partial charge in [0.2, 0.25) is 0 Å². The fraction of sp³-hybridized carbons (Fsp3) is 0.100. The van der Waals surface area contributed by atoms with E-state index in [1.807, 2.05) is 61.5 Å². The van der Waals surface area contributed by atoms with Crippen LogP contribution in [-0.4, -0.2) is 10.2 Å². The SMILES string of the molecule is CC(Oc1ccccc1)(c1ccc(O)cc1)c1ccc(O)cc1. The Morgan fingerprint density at radius 2 is 1.09 bits per heavy atom. The van der Waals surface area contributed by atoms with Crippen molar-refractivity contribution in [3.05, 3.63) is 90.0 Å². The smallest absolute Gasteiger partial charge is 0.156 e. The quantitative estimate of drug-likeness (QED) is 0.749. The van der Waals surface area contributed by atoms with Crippen LogP contribution in [0.25, 0.3) is 0 Å². The molecule has 0 fully saturated rings. The van der Waals surface area contributed by atoms with Crippen molar-refractivity contribution in [1.29, 1.82) is 0 Å². The molecule has 0 aliphatic carbocycles. The second kappa shape index (κ2) is 6.05. The summed E-state index contributed by atoms with van der Waals surface area (Å²) in [6, 6.07) is 23.5. The monoisotopic (exact) mass is 306 g/mol. The molecule has 0 saturated heterocycles. The summed E-state index contributed by atoms with van der Waals surface area (Å²) in [5, 5.41) is 19.1. The van der Waals surface area contributed by atoms with Crippen molar-refractivity contribution < 1.29 is 14.9 Å². The molecular formula is C20H18O3. The molecule has 116 valence electrons. The van der Waals surface area contributed by atoms with E-state index in [2.05, 4.69) is 0 Å². The van der Waals surface area contributed by atoms with Gasteiger partial charge in [-0.05, 0) is 54.4 Å². The van der Waals surface area contributed by atoms with Crippen LogP contribution in [0.2, 0.25) is 0 Å². The predicted octanol–water partition coefficient (Wildman–Crippen LogP) is 4.44. The minimum Gasteiger partial charge on any atom is -0.508 e. The van der Waals surface area contributed by atoms with Crippen LogP contribution in [0.5, 0.6) is 17.2 Å². The standard InChI is InChI=1S/C20H18O3/c1-20(15-7-11-17(21)12-8-15,16-9-13-18(22)14-10-16)23-19-5-3-2-4-6-19/h2-14,21-22H,1H3. The maximum absolute atomic E-state index is 9.55. The first-order valence-electron chi connectivity index (χ1n) is 7.41. The van der Waals surface area contributed by atoms with Gasteiger partial charge in [0.25, 0.3) is 0 Å². The second-order valence-electron chi connectivity index (χ2n) is 5.54. The van der Waals surface area contributed by atoms with Crippen LogP contribution in [0.3, 0.4) is 0 Å². The Hall–Kier alpha value is -2.94. The van der Waals surface area contributed by atoms with E-state index in [0.29, 0.717) is 0 Å². The van der Waals surface area contributed by atoms with Crippen molar-refractivity contribution in [1.82, 2.24) is 0 Å². The van der Waals surface area contributed by atoms with Crippen molar-refractivity contribution in [2.45, 2.75) is 12.5 Å². The molecule has 3 aromatic rings. The highest BCUT2D eigenvalue weighted by atomic mass is 16.5. The van der Waals surface area contributed by atoms with Gasteiger partial charge < -0.3 is 14.9 Å². The number of phenols is 2. The highest BCUT2D eigenvalue weighted by molar-refractivity contribution is 5.41. The zero-order chi connectivity index (χ0) is 16.3. The Bertz CT molecular complexity index is 717. The first-order valence-corrected chi connectivity index (χ1v) is 7.41. The van der Waals surface area contributed by atoms with Crippen LogP contribution in [0.15, 0.2) is 78.9 Å². The van der Waals surface area contributed by atoms with Gasteiger partial charge in [-0.2, -0.15) is 0 Å². The Balaban J connectivity index is 2.08. The second-order valence-corrected chi connectivity index (χ2v) is 5.54. The average Bonchev–Trinajstić information content (AvgIpc) is 2.57. The summed E-state index contributed by atoms with van der Waals surface area (Å²) < 4.78 is 6.29. The number of phenolic OH excluding ortho intramolecular Hbond substituents is 2. The van der Waals surface area contributed by atoms with Crippen LogP contribution in [0, 0.1) is 0 Å². The first kappa shape index (κ1) is 15.0. The van der Waals surface area contributed by atoms with Crippen LogP contribution < -0.4 is 4.74 Å². The molecule has 0 aliphatic rings. The molecule has 3 rings (SSSR count). The fourth-order valence-electron chi connectivity index (χ4n) is 2.57. The molecule has 23 heavy (non-hydrogen) atoms. The van der Waals surface area contributed by atoms with Crippen molar-refractivity contribution in [3.63, 3.8) is 0 Å². The lowest BCUT2D eigenvalue weighted by atomic mass is 9.87. The zero-order valence-electron chi connectivity index (χ0n) is 12.8. The molecule has 0 unspecified atom stereocenters. The zero-order valence-corrected chi connectivity index (χ0v) is 12.8. The van der Waals surface area contributed by atoms with E-state index in [0.717, 1.165) is 16.9 Å². The number of rotatable bonds is 4. The lowest BCUT2D eigenvalue weighted by molar-refractivity contribution is 0.132. The van der Waals surface area contributed by atoms with E-state index in [1.165, 1.54) is 0 Å². The number of hydrogen-bond donors (Lipinski definition) is 2. The molecule has 0 saturated carbocycles. The summed E-state index contributed by atoms with van der Waals surface area (Å²) in [5.74, 6) is 1.17. The van der Waals surface area contributed by atoms with Crippen LogP contribution >= 0.6 is 0 Å². The summed E-state index contributed by atoms with van der Waals surface area (Å²) in [4.78, 5) is 0. The lowest BCUT2D eigenvalue weighted by Crippen LogP contribution is -2.30. The molecule has 0 radical (unpaired) electrons. The summed E-state index contributed by atoms with van der Waals surface area (Å²) >= 11 is 0. The van der Waals surface area contributed by atoms with Gasteiger partial charge in [-0.1, -0.05) is 42.5 Å².